The first-order chi connectivity index (χ1) is 11.1. The third-order valence-electron chi connectivity index (χ3n) is 4.19. The number of nitrogens with two attached hydrogens (primary N) is 1. The lowest BCUT2D eigenvalue weighted by atomic mass is 9.90. The highest BCUT2D eigenvalue weighted by Crippen LogP contribution is 2.22. The van der Waals surface area contributed by atoms with Gasteiger partial charge in [-0.1, -0.05) is 18.2 Å². The number of rotatable bonds is 4. The van der Waals surface area contributed by atoms with E-state index < -0.39 is 5.91 Å². The second-order valence-corrected chi connectivity index (χ2v) is 5.83. The number of hydrogen-bond acceptors (Lipinski definition) is 3. The van der Waals surface area contributed by atoms with E-state index in [1.165, 1.54) is 24.0 Å². The zero-order valence-corrected chi connectivity index (χ0v) is 12.9. The van der Waals surface area contributed by atoms with Crippen molar-refractivity contribution in [3.63, 3.8) is 0 Å². The molecule has 4 heteroatoms. The molecule has 1 aliphatic rings. The van der Waals surface area contributed by atoms with Gasteiger partial charge < -0.3 is 10.5 Å². The molecular formula is C19H19NO3. The van der Waals surface area contributed by atoms with E-state index in [4.69, 9.17) is 10.5 Å². The minimum absolute atomic E-state index is 0.176. The van der Waals surface area contributed by atoms with Crippen LogP contribution in [-0.4, -0.2) is 11.9 Å². The van der Waals surface area contributed by atoms with Crippen molar-refractivity contribution in [1.82, 2.24) is 0 Å². The lowest BCUT2D eigenvalue weighted by molar-refractivity contribution is 0.0472. The number of hydrogen-bond donors (Lipinski definition) is 1. The van der Waals surface area contributed by atoms with Gasteiger partial charge in [0.2, 0.25) is 5.91 Å². The van der Waals surface area contributed by atoms with Crippen LogP contribution in [0, 0.1) is 0 Å². The van der Waals surface area contributed by atoms with Gasteiger partial charge >= 0.3 is 5.97 Å². The third-order valence-corrected chi connectivity index (χ3v) is 4.19. The van der Waals surface area contributed by atoms with Gasteiger partial charge in [0.1, 0.15) is 6.61 Å². The van der Waals surface area contributed by atoms with Crippen molar-refractivity contribution in [2.45, 2.75) is 32.3 Å². The number of benzene rings is 2. The fraction of sp³-hybridized carbons (Fsp3) is 0.263. The number of amides is 1. The topological polar surface area (TPSA) is 69.4 Å². The first-order valence-corrected chi connectivity index (χ1v) is 7.81. The standard InChI is InChI=1S/C19H19NO3/c20-18(21)15-7-5-13(6-8-15)12-23-19(22)17-10-9-14-3-1-2-4-16(14)11-17/h5-11H,1-4,12H2,(H2,20,21). The molecule has 2 aromatic rings. The summed E-state index contributed by atoms with van der Waals surface area (Å²) in [4.78, 5) is 23.2. The molecule has 0 spiro atoms. The van der Waals surface area contributed by atoms with Gasteiger partial charge in [0, 0.05) is 5.56 Å². The number of carbonyl (C=O) groups excluding carboxylic acids is 2. The predicted octanol–water partition coefficient (Wildman–Crippen LogP) is 3.02. The Bertz CT molecular complexity index is 735. The second-order valence-electron chi connectivity index (χ2n) is 5.83. The lowest BCUT2D eigenvalue weighted by Gasteiger charge is -2.16. The van der Waals surface area contributed by atoms with Crippen molar-refractivity contribution in [3.05, 3.63) is 70.3 Å². The van der Waals surface area contributed by atoms with Crippen LogP contribution in [0.5, 0.6) is 0 Å². The van der Waals surface area contributed by atoms with Crippen LogP contribution in [0.2, 0.25) is 0 Å². The molecule has 0 aliphatic heterocycles. The van der Waals surface area contributed by atoms with E-state index in [9.17, 15) is 9.59 Å². The van der Waals surface area contributed by atoms with E-state index in [0.29, 0.717) is 11.1 Å². The molecule has 118 valence electrons. The maximum atomic E-state index is 12.2. The summed E-state index contributed by atoms with van der Waals surface area (Å²) in [7, 11) is 0. The largest absolute Gasteiger partial charge is 0.457 e. The van der Waals surface area contributed by atoms with E-state index in [1.54, 1.807) is 24.3 Å². The highest BCUT2D eigenvalue weighted by atomic mass is 16.5. The molecule has 0 saturated heterocycles. The van der Waals surface area contributed by atoms with E-state index in [1.807, 2.05) is 18.2 Å². The highest BCUT2D eigenvalue weighted by molar-refractivity contribution is 5.92. The first kappa shape index (κ1) is 15.3. The van der Waals surface area contributed by atoms with Gasteiger partial charge in [0.05, 0.1) is 5.56 Å². The molecule has 0 bridgehead atoms. The molecule has 0 fully saturated rings. The molecule has 0 atom stereocenters. The van der Waals surface area contributed by atoms with Crippen molar-refractivity contribution < 1.29 is 14.3 Å². The zero-order valence-electron chi connectivity index (χ0n) is 12.9. The summed E-state index contributed by atoms with van der Waals surface area (Å²) in [5.74, 6) is -0.792. The smallest absolute Gasteiger partial charge is 0.338 e. The average Bonchev–Trinajstić information content (AvgIpc) is 2.59. The van der Waals surface area contributed by atoms with E-state index in [-0.39, 0.29) is 12.6 Å². The Morgan fingerprint density at radius 3 is 2.26 bits per heavy atom. The zero-order chi connectivity index (χ0) is 16.2. The summed E-state index contributed by atoms with van der Waals surface area (Å²) in [5.41, 5.74) is 9.65. The summed E-state index contributed by atoms with van der Waals surface area (Å²) in [6.45, 7) is 0.176. The minimum Gasteiger partial charge on any atom is -0.457 e. The van der Waals surface area contributed by atoms with Gasteiger partial charge in [-0.3, -0.25) is 4.79 Å². The van der Waals surface area contributed by atoms with Crippen molar-refractivity contribution in [2.75, 3.05) is 0 Å². The maximum Gasteiger partial charge on any atom is 0.338 e. The van der Waals surface area contributed by atoms with Crippen LogP contribution in [0.3, 0.4) is 0 Å². The van der Waals surface area contributed by atoms with Crippen LogP contribution in [0.25, 0.3) is 0 Å². The molecule has 23 heavy (non-hydrogen) atoms. The molecule has 0 unspecified atom stereocenters. The Hall–Kier alpha value is -2.62. The number of carbonyl (C=O) groups is 2. The monoisotopic (exact) mass is 309 g/mol. The van der Waals surface area contributed by atoms with Crippen molar-refractivity contribution in [1.29, 1.82) is 0 Å². The SMILES string of the molecule is NC(=O)c1ccc(COC(=O)c2ccc3c(c2)CCCC3)cc1. The molecule has 1 amide bonds. The van der Waals surface area contributed by atoms with E-state index in [2.05, 4.69) is 0 Å². The molecule has 2 N–H and O–H groups in total. The number of esters is 1. The quantitative estimate of drug-likeness (QED) is 0.883. The molecule has 4 nitrogen and oxygen atoms in total. The Morgan fingerprint density at radius 2 is 1.57 bits per heavy atom. The Labute approximate surface area is 135 Å². The summed E-state index contributed by atoms with van der Waals surface area (Å²) in [6, 6.07) is 12.6. The normalized spacial score (nSPS) is 13.2. The molecule has 0 radical (unpaired) electrons. The number of fused-ring (bicyclic) bond motifs is 1. The molecular weight excluding hydrogens is 290 g/mol. The van der Waals surface area contributed by atoms with Crippen LogP contribution in [0.15, 0.2) is 42.5 Å². The fourth-order valence-electron chi connectivity index (χ4n) is 2.86. The Kier molecular flexibility index (Phi) is 4.42. The van der Waals surface area contributed by atoms with Crippen LogP contribution in [-0.2, 0) is 24.2 Å². The summed E-state index contributed by atoms with van der Waals surface area (Å²) < 4.78 is 5.35. The molecule has 1 aliphatic carbocycles. The van der Waals surface area contributed by atoms with Gasteiger partial charge in [-0.15, -0.1) is 0 Å². The molecule has 2 aromatic carbocycles. The van der Waals surface area contributed by atoms with Crippen LogP contribution >= 0.6 is 0 Å². The maximum absolute atomic E-state index is 12.2. The predicted molar refractivity (Wildman–Crippen MR) is 87.2 cm³/mol. The lowest BCUT2D eigenvalue weighted by Crippen LogP contribution is -2.11. The van der Waals surface area contributed by atoms with Gasteiger partial charge in [-0.2, -0.15) is 0 Å². The van der Waals surface area contributed by atoms with Gasteiger partial charge in [-0.05, 0) is 66.6 Å². The van der Waals surface area contributed by atoms with Crippen molar-refractivity contribution >= 4 is 11.9 Å². The molecule has 0 aromatic heterocycles. The highest BCUT2D eigenvalue weighted by Gasteiger charge is 2.13. The molecule has 0 heterocycles. The minimum atomic E-state index is -0.470. The van der Waals surface area contributed by atoms with Crippen molar-refractivity contribution in [3.8, 4) is 0 Å². The number of aryl methyl sites for hydroxylation is 2. The van der Waals surface area contributed by atoms with Crippen LogP contribution in [0.1, 0.15) is 50.2 Å². The first-order valence-electron chi connectivity index (χ1n) is 7.81. The van der Waals surface area contributed by atoms with E-state index in [0.717, 1.165) is 18.4 Å². The Balaban J connectivity index is 1.64. The number of primary amides is 1. The van der Waals surface area contributed by atoms with Crippen LogP contribution in [0.4, 0.5) is 0 Å². The van der Waals surface area contributed by atoms with Crippen molar-refractivity contribution in [2.24, 2.45) is 5.73 Å². The summed E-state index contributed by atoms with van der Waals surface area (Å²) >= 11 is 0. The molecule has 3 rings (SSSR count). The molecule has 0 saturated carbocycles. The fourth-order valence-corrected chi connectivity index (χ4v) is 2.86. The summed E-state index contributed by atoms with van der Waals surface area (Å²) in [6.07, 6.45) is 4.53. The van der Waals surface area contributed by atoms with Gasteiger partial charge in [-0.25, -0.2) is 4.79 Å². The van der Waals surface area contributed by atoms with Crippen LogP contribution < -0.4 is 5.73 Å². The summed E-state index contributed by atoms with van der Waals surface area (Å²) in [5, 5.41) is 0. The van der Waals surface area contributed by atoms with Gasteiger partial charge in [0.25, 0.3) is 0 Å². The average molecular weight is 309 g/mol. The van der Waals surface area contributed by atoms with E-state index >= 15 is 0 Å². The second kappa shape index (κ2) is 6.65. The Morgan fingerprint density at radius 1 is 0.913 bits per heavy atom. The number of ether oxygens (including phenoxy) is 1. The third kappa shape index (κ3) is 3.59. The van der Waals surface area contributed by atoms with Gasteiger partial charge in [0.15, 0.2) is 0 Å².